The number of benzene rings is 1. The van der Waals surface area contributed by atoms with Crippen LogP contribution in [0.15, 0.2) is 41.5 Å². The lowest BCUT2D eigenvalue weighted by molar-refractivity contribution is -0.122. The normalized spacial score (nSPS) is 12.0. The van der Waals surface area contributed by atoms with Gasteiger partial charge in [0.25, 0.3) is 0 Å². The Kier molecular flexibility index (Phi) is 4.49. The number of carbonyl (C=O) groups excluding carboxylic acids is 1. The summed E-state index contributed by atoms with van der Waals surface area (Å²) in [6.07, 6.45) is 3.32. The molecule has 1 aromatic carbocycles. The lowest BCUT2D eigenvalue weighted by Crippen LogP contribution is -2.33. The molecule has 0 aliphatic heterocycles. The van der Waals surface area contributed by atoms with E-state index in [4.69, 9.17) is 5.84 Å². The topological polar surface area (TPSA) is 90.0 Å². The number of aromatic nitrogens is 2. The van der Waals surface area contributed by atoms with Gasteiger partial charge in [0.15, 0.2) is 0 Å². The minimum absolute atomic E-state index is 0.234. The van der Waals surface area contributed by atoms with Gasteiger partial charge in [-0.1, -0.05) is 24.3 Å². The van der Waals surface area contributed by atoms with Gasteiger partial charge in [-0.2, -0.15) is 0 Å². The number of hydrazine groups is 1. The smallest absolute Gasteiger partial charge is 0.294 e. The maximum Gasteiger partial charge on any atom is 0.347 e. The molecule has 1 amide bonds. The van der Waals surface area contributed by atoms with Crippen LogP contribution >= 0.6 is 0 Å². The van der Waals surface area contributed by atoms with E-state index in [1.807, 2.05) is 31.2 Å². The summed E-state index contributed by atoms with van der Waals surface area (Å²) >= 11 is 0. The SMILES string of the molecule is Cc1cnc(=O)n(Cc2ccc(C(C)C(=O)NN)cc2)c1. The minimum Gasteiger partial charge on any atom is -0.294 e. The fourth-order valence-corrected chi connectivity index (χ4v) is 2.06. The van der Waals surface area contributed by atoms with Gasteiger partial charge in [0, 0.05) is 12.4 Å². The van der Waals surface area contributed by atoms with Crippen LogP contribution in [-0.2, 0) is 11.3 Å². The third-order valence-corrected chi connectivity index (χ3v) is 3.35. The lowest BCUT2D eigenvalue weighted by atomic mass is 9.99. The van der Waals surface area contributed by atoms with Crippen LogP contribution in [0.5, 0.6) is 0 Å². The number of rotatable bonds is 4. The zero-order chi connectivity index (χ0) is 15.4. The molecule has 1 aromatic heterocycles. The Bertz CT molecular complexity index is 692. The Hall–Kier alpha value is -2.47. The Morgan fingerprint density at radius 3 is 2.67 bits per heavy atom. The highest BCUT2D eigenvalue weighted by atomic mass is 16.2. The molecule has 0 spiro atoms. The number of nitrogens with two attached hydrogens (primary N) is 1. The molecular weight excluding hydrogens is 268 g/mol. The van der Waals surface area contributed by atoms with Gasteiger partial charge < -0.3 is 0 Å². The van der Waals surface area contributed by atoms with Crippen LogP contribution in [0.1, 0.15) is 29.5 Å². The second-order valence-electron chi connectivity index (χ2n) is 5.01. The van der Waals surface area contributed by atoms with Gasteiger partial charge in [-0.05, 0) is 30.5 Å². The predicted molar refractivity (Wildman–Crippen MR) is 79.5 cm³/mol. The Morgan fingerprint density at radius 1 is 1.38 bits per heavy atom. The summed E-state index contributed by atoms with van der Waals surface area (Å²) in [5.74, 6) is 4.58. The van der Waals surface area contributed by atoms with Gasteiger partial charge in [0.05, 0.1) is 12.5 Å². The largest absolute Gasteiger partial charge is 0.347 e. The van der Waals surface area contributed by atoms with Crippen LogP contribution in [-0.4, -0.2) is 15.5 Å². The van der Waals surface area contributed by atoms with E-state index in [1.54, 1.807) is 23.9 Å². The third-order valence-electron chi connectivity index (χ3n) is 3.35. The molecule has 1 heterocycles. The molecule has 2 rings (SSSR count). The number of hydrogen-bond acceptors (Lipinski definition) is 4. The van der Waals surface area contributed by atoms with Gasteiger partial charge >= 0.3 is 5.69 Å². The summed E-state index contributed by atoms with van der Waals surface area (Å²) < 4.78 is 1.56. The van der Waals surface area contributed by atoms with Crippen LogP contribution in [0.2, 0.25) is 0 Å². The summed E-state index contributed by atoms with van der Waals surface area (Å²) in [6, 6.07) is 7.52. The quantitative estimate of drug-likeness (QED) is 0.491. The summed E-state index contributed by atoms with van der Waals surface area (Å²) in [6.45, 7) is 4.12. The Labute approximate surface area is 122 Å². The fraction of sp³-hybridized carbons (Fsp3) is 0.267. The van der Waals surface area contributed by atoms with Crippen LogP contribution in [0, 0.1) is 6.92 Å². The van der Waals surface area contributed by atoms with Crippen molar-refractivity contribution in [2.45, 2.75) is 26.3 Å². The maximum absolute atomic E-state index is 11.7. The third kappa shape index (κ3) is 3.55. The van der Waals surface area contributed by atoms with Crippen molar-refractivity contribution in [2.75, 3.05) is 0 Å². The molecule has 21 heavy (non-hydrogen) atoms. The molecular formula is C15H18N4O2. The first kappa shape index (κ1) is 14.9. The molecule has 0 bridgehead atoms. The van der Waals surface area contributed by atoms with Crippen molar-refractivity contribution in [3.8, 4) is 0 Å². The molecule has 1 atom stereocenters. The molecule has 0 saturated heterocycles. The highest BCUT2D eigenvalue weighted by Gasteiger charge is 2.13. The molecule has 3 N–H and O–H groups in total. The van der Waals surface area contributed by atoms with Crippen molar-refractivity contribution in [1.82, 2.24) is 15.0 Å². The first-order valence-corrected chi connectivity index (χ1v) is 6.63. The number of nitrogens with zero attached hydrogens (tertiary/aromatic N) is 2. The van der Waals surface area contributed by atoms with Gasteiger partial charge in [-0.3, -0.25) is 14.8 Å². The van der Waals surface area contributed by atoms with E-state index in [2.05, 4.69) is 10.4 Å². The Morgan fingerprint density at radius 2 is 2.05 bits per heavy atom. The average Bonchev–Trinajstić information content (AvgIpc) is 2.50. The van der Waals surface area contributed by atoms with Crippen molar-refractivity contribution >= 4 is 5.91 Å². The number of aryl methyl sites for hydroxylation is 1. The first-order chi connectivity index (χ1) is 10.0. The molecule has 0 radical (unpaired) electrons. The van der Waals surface area contributed by atoms with Crippen molar-refractivity contribution in [3.63, 3.8) is 0 Å². The van der Waals surface area contributed by atoms with E-state index in [9.17, 15) is 9.59 Å². The molecule has 2 aromatic rings. The van der Waals surface area contributed by atoms with E-state index in [0.29, 0.717) is 6.54 Å². The molecule has 110 valence electrons. The summed E-state index contributed by atoms with van der Waals surface area (Å²) in [7, 11) is 0. The molecule has 0 fully saturated rings. The minimum atomic E-state index is -0.313. The summed E-state index contributed by atoms with van der Waals surface area (Å²) in [5, 5.41) is 0. The monoisotopic (exact) mass is 286 g/mol. The van der Waals surface area contributed by atoms with E-state index in [0.717, 1.165) is 16.7 Å². The van der Waals surface area contributed by atoms with Crippen molar-refractivity contribution in [2.24, 2.45) is 5.84 Å². The Balaban J connectivity index is 2.18. The number of carbonyl (C=O) groups is 1. The van der Waals surface area contributed by atoms with Gasteiger partial charge in [0.2, 0.25) is 5.91 Å². The van der Waals surface area contributed by atoms with Crippen LogP contribution in [0.3, 0.4) is 0 Å². The van der Waals surface area contributed by atoms with Crippen molar-refractivity contribution < 1.29 is 4.79 Å². The first-order valence-electron chi connectivity index (χ1n) is 6.63. The lowest BCUT2D eigenvalue weighted by Gasteiger charge is -2.11. The zero-order valence-corrected chi connectivity index (χ0v) is 12.0. The predicted octanol–water partition coefficient (Wildman–Crippen LogP) is 0.693. The zero-order valence-electron chi connectivity index (χ0n) is 12.0. The molecule has 0 aliphatic rings. The van der Waals surface area contributed by atoms with E-state index >= 15 is 0 Å². The molecule has 6 heteroatoms. The number of amides is 1. The van der Waals surface area contributed by atoms with Gasteiger partial charge in [-0.25, -0.2) is 15.6 Å². The van der Waals surface area contributed by atoms with E-state index in [-0.39, 0.29) is 17.5 Å². The average molecular weight is 286 g/mol. The van der Waals surface area contributed by atoms with Crippen LogP contribution < -0.4 is 17.0 Å². The van der Waals surface area contributed by atoms with E-state index < -0.39 is 0 Å². The highest BCUT2D eigenvalue weighted by Crippen LogP contribution is 2.16. The molecule has 6 nitrogen and oxygen atoms in total. The van der Waals surface area contributed by atoms with Gasteiger partial charge in [-0.15, -0.1) is 0 Å². The molecule has 0 aliphatic carbocycles. The van der Waals surface area contributed by atoms with Crippen molar-refractivity contribution in [1.29, 1.82) is 0 Å². The maximum atomic E-state index is 11.7. The molecule has 0 saturated carbocycles. The molecule has 1 unspecified atom stereocenters. The number of hydrogen-bond donors (Lipinski definition) is 2. The van der Waals surface area contributed by atoms with E-state index in [1.165, 1.54) is 0 Å². The van der Waals surface area contributed by atoms with Gasteiger partial charge in [0.1, 0.15) is 0 Å². The van der Waals surface area contributed by atoms with Crippen molar-refractivity contribution in [3.05, 3.63) is 63.8 Å². The van der Waals surface area contributed by atoms with Crippen LogP contribution in [0.4, 0.5) is 0 Å². The standard InChI is InChI=1S/C15H18N4O2/c1-10-7-17-15(21)19(8-10)9-12-3-5-13(6-4-12)11(2)14(20)18-16/h3-8,11H,9,16H2,1-2H3,(H,18,20). The fourth-order valence-electron chi connectivity index (χ4n) is 2.06. The number of nitrogens with one attached hydrogen (secondary N) is 1. The second-order valence-corrected chi connectivity index (χ2v) is 5.01. The highest BCUT2D eigenvalue weighted by molar-refractivity contribution is 5.82. The second kappa shape index (κ2) is 6.32. The van der Waals surface area contributed by atoms with Crippen LogP contribution in [0.25, 0.3) is 0 Å². The summed E-state index contributed by atoms with van der Waals surface area (Å²) in [5.41, 5.74) is 4.63. The summed E-state index contributed by atoms with van der Waals surface area (Å²) in [4.78, 5) is 26.9.